The first kappa shape index (κ1) is 11.8. The number of rotatable bonds is 4. The van der Waals surface area contributed by atoms with Crippen LogP contribution in [0.2, 0.25) is 0 Å². The highest BCUT2D eigenvalue weighted by molar-refractivity contribution is 5.19. The summed E-state index contributed by atoms with van der Waals surface area (Å²) in [5.41, 5.74) is 6.59. The van der Waals surface area contributed by atoms with Gasteiger partial charge in [-0.3, -0.25) is 0 Å². The Morgan fingerprint density at radius 2 is 1.94 bits per heavy atom. The lowest BCUT2D eigenvalue weighted by Gasteiger charge is -2.10. The van der Waals surface area contributed by atoms with E-state index in [2.05, 4.69) is 0 Å². The van der Waals surface area contributed by atoms with Crippen molar-refractivity contribution >= 4 is 0 Å². The van der Waals surface area contributed by atoms with Crippen molar-refractivity contribution in [3.05, 3.63) is 59.6 Å². The summed E-state index contributed by atoms with van der Waals surface area (Å²) in [6, 6.07) is 7.29. The fourth-order valence-corrected chi connectivity index (χ4v) is 1.73. The van der Waals surface area contributed by atoms with Crippen molar-refractivity contribution in [3.8, 4) is 0 Å². The zero-order valence-electron chi connectivity index (χ0n) is 9.20. The van der Waals surface area contributed by atoms with Crippen LogP contribution in [-0.4, -0.2) is 6.04 Å². The lowest BCUT2D eigenvalue weighted by atomic mass is 10.0. The first-order valence-corrected chi connectivity index (χ1v) is 5.37. The van der Waals surface area contributed by atoms with E-state index in [4.69, 9.17) is 10.2 Å². The molecule has 0 aliphatic carbocycles. The topological polar surface area (TPSA) is 39.2 Å². The first-order chi connectivity index (χ1) is 8.15. The van der Waals surface area contributed by atoms with E-state index in [0.717, 1.165) is 11.8 Å². The van der Waals surface area contributed by atoms with Gasteiger partial charge in [0.2, 0.25) is 0 Å². The molecule has 0 aliphatic heterocycles. The quantitative estimate of drug-likeness (QED) is 0.887. The second kappa shape index (κ2) is 5.10. The molecule has 90 valence electrons. The van der Waals surface area contributed by atoms with Gasteiger partial charge in [0.05, 0.1) is 6.26 Å². The van der Waals surface area contributed by atoms with Crippen LogP contribution < -0.4 is 5.73 Å². The molecule has 2 nitrogen and oxygen atoms in total. The molecule has 0 saturated heterocycles. The molecule has 0 aliphatic rings. The third-order valence-corrected chi connectivity index (χ3v) is 2.53. The number of hydrogen-bond donors (Lipinski definition) is 1. The molecule has 2 rings (SSSR count). The van der Waals surface area contributed by atoms with Crippen molar-refractivity contribution in [3.63, 3.8) is 0 Å². The lowest BCUT2D eigenvalue weighted by molar-refractivity contribution is 0.481. The van der Waals surface area contributed by atoms with Gasteiger partial charge in [0, 0.05) is 12.5 Å². The molecule has 0 fully saturated rings. The summed E-state index contributed by atoms with van der Waals surface area (Å²) in [7, 11) is 0. The SMILES string of the molecule is NC(Cc1ccc(F)c(F)c1)Cc1ccco1. The molecule has 0 saturated carbocycles. The van der Waals surface area contributed by atoms with Crippen LogP contribution in [0, 0.1) is 11.6 Å². The van der Waals surface area contributed by atoms with Crippen molar-refractivity contribution in [2.24, 2.45) is 5.73 Å². The molecule has 0 radical (unpaired) electrons. The molecule has 17 heavy (non-hydrogen) atoms. The van der Waals surface area contributed by atoms with Crippen LogP contribution in [0.25, 0.3) is 0 Å². The number of benzene rings is 1. The summed E-state index contributed by atoms with van der Waals surface area (Å²) in [4.78, 5) is 0. The largest absolute Gasteiger partial charge is 0.469 e. The van der Waals surface area contributed by atoms with Gasteiger partial charge in [-0.1, -0.05) is 6.07 Å². The maximum atomic E-state index is 13.0. The Morgan fingerprint density at radius 3 is 2.59 bits per heavy atom. The molecule has 1 heterocycles. The van der Waals surface area contributed by atoms with Gasteiger partial charge >= 0.3 is 0 Å². The van der Waals surface area contributed by atoms with Crippen LogP contribution in [0.4, 0.5) is 8.78 Å². The van der Waals surface area contributed by atoms with Gasteiger partial charge in [-0.2, -0.15) is 0 Å². The van der Waals surface area contributed by atoms with E-state index in [-0.39, 0.29) is 6.04 Å². The zero-order chi connectivity index (χ0) is 12.3. The smallest absolute Gasteiger partial charge is 0.159 e. The van der Waals surface area contributed by atoms with E-state index in [1.54, 1.807) is 18.4 Å². The lowest BCUT2D eigenvalue weighted by Crippen LogP contribution is -2.25. The predicted molar refractivity (Wildman–Crippen MR) is 60.4 cm³/mol. The van der Waals surface area contributed by atoms with Gasteiger partial charge in [0.15, 0.2) is 11.6 Å². The number of nitrogens with two attached hydrogens (primary N) is 1. The molecule has 1 aromatic carbocycles. The number of halogens is 2. The Morgan fingerprint density at radius 1 is 1.12 bits per heavy atom. The van der Waals surface area contributed by atoms with Crippen LogP contribution in [0.1, 0.15) is 11.3 Å². The third kappa shape index (κ3) is 3.14. The standard InChI is InChI=1S/C13H13F2NO/c14-12-4-3-9(7-13(12)15)6-10(16)8-11-2-1-5-17-11/h1-5,7,10H,6,8,16H2. The Labute approximate surface area is 98.0 Å². The molecule has 4 heteroatoms. The van der Waals surface area contributed by atoms with Gasteiger partial charge in [-0.05, 0) is 36.2 Å². The van der Waals surface area contributed by atoms with E-state index < -0.39 is 11.6 Å². The fraction of sp³-hybridized carbons (Fsp3) is 0.231. The highest BCUT2D eigenvalue weighted by Gasteiger charge is 2.09. The minimum atomic E-state index is -0.840. The monoisotopic (exact) mass is 237 g/mol. The molecule has 1 unspecified atom stereocenters. The van der Waals surface area contributed by atoms with Gasteiger partial charge in [-0.25, -0.2) is 8.78 Å². The average molecular weight is 237 g/mol. The van der Waals surface area contributed by atoms with Crippen LogP contribution in [-0.2, 0) is 12.8 Å². The van der Waals surface area contributed by atoms with Crippen molar-refractivity contribution in [2.75, 3.05) is 0 Å². The number of furan rings is 1. The van der Waals surface area contributed by atoms with Crippen LogP contribution in [0.3, 0.4) is 0 Å². The normalized spacial score (nSPS) is 12.6. The van der Waals surface area contributed by atoms with Crippen molar-refractivity contribution in [1.82, 2.24) is 0 Å². The fourth-order valence-electron chi connectivity index (χ4n) is 1.73. The van der Waals surface area contributed by atoms with E-state index >= 15 is 0 Å². The number of hydrogen-bond acceptors (Lipinski definition) is 2. The molecule has 2 aromatic rings. The van der Waals surface area contributed by atoms with Gasteiger partial charge in [0.1, 0.15) is 5.76 Å². The van der Waals surface area contributed by atoms with Gasteiger partial charge in [-0.15, -0.1) is 0 Å². The third-order valence-electron chi connectivity index (χ3n) is 2.53. The predicted octanol–water partition coefficient (Wildman–Crippen LogP) is 2.67. The summed E-state index contributed by atoms with van der Waals surface area (Å²) >= 11 is 0. The second-order valence-electron chi connectivity index (χ2n) is 4.00. The second-order valence-corrected chi connectivity index (χ2v) is 4.00. The summed E-state index contributed by atoms with van der Waals surface area (Å²) in [6.45, 7) is 0. The first-order valence-electron chi connectivity index (χ1n) is 5.37. The van der Waals surface area contributed by atoms with E-state index in [1.165, 1.54) is 6.07 Å². The zero-order valence-corrected chi connectivity index (χ0v) is 9.20. The summed E-state index contributed by atoms with van der Waals surface area (Å²) in [6.07, 6.45) is 2.64. The van der Waals surface area contributed by atoms with E-state index in [0.29, 0.717) is 18.4 Å². The van der Waals surface area contributed by atoms with Crippen LogP contribution in [0.5, 0.6) is 0 Å². The molecule has 0 amide bonds. The maximum Gasteiger partial charge on any atom is 0.159 e. The molecular formula is C13H13F2NO. The Kier molecular flexibility index (Phi) is 3.54. The average Bonchev–Trinajstić information content (AvgIpc) is 2.76. The van der Waals surface area contributed by atoms with Crippen molar-refractivity contribution < 1.29 is 13.2 Å². The molecular weight excluding hydrogens is 224 g/mol. The van der Waals surface area contributed by atoms with Crippen molar-refractivity contribution in [2.45, 2.75) is 18.9 Å². The van der Waals surface area contributed by atoms with Gasteiger partial charge in [0.25, 0.3) is 0 Å². The minimum Gasteiger partial charge on any atom is -0.469 e. The molecule has 0 bridgehead atoms. The highest BCUT2D eigenvalue weighted by Crippen LogP contribution is 2.12. The molecule has 1 aromatic heterocycles. The highest BCUT2D eigenvalue weighted by atomic mass is 19.2. The summed E-state index contributed by atoms with van der Waals surface area (Å²) < 4.78 is 30.9. The van der Waals surface area contributed by atoms with E-state index in [9.17, 15) is 8.78 Å². The molecule has 0 spiro atoms. The Balaban J connectivity index is 1.98. The van der Waals surface area contributed by atoms with Crippen molar-refractivity contribution in [1.29, 1.82) is 0 Å². The van der Waals surface area contributed by atoms with Crippen LogP contribution in [0.15, 0.2) is 41.0 Å². The summed E-state index contributed by atoms with van der Waals surface area (Å²) in [5.74, 6) is -0.888. The van der Waals surface area contributed by atoms with E-state index in [1.807, 2.05) is 6.07 Å². The Bertz CT molecular complexity index is 482. The summed E-state index contributed by atoms with van der Waals surface area (Å²) in [5, 5.41) is 0. The maximum absolute atomic E-state index is 13.0. The molecule has 1 atom stereocenters. The molecule has 2 N–H and O–H groups in total. The Hall–Kier alpha value is -1.68. The van der Waals surface area contributed by atoms with Gasteiger partial charge < -0.3 is 10.2 Å². The minimum absolute atomic E-state index is 0.175. The van der Waals surface area contributed by atoms with Crippen LogP contribution >= 0.6 is 0 Å².